The molecule has 0 rings (SSSR count). The summed E-state index contributed by atoms with van der Waals surface area (Å²) in [5.74, 6) is 2.53. The van der Waals surface area contributed by atoms with Crippen LogP contribution in [0, 0.1) is 17.8 Å². The molecule has 0 aliphatic heterocycles. The van der Waals surface area contributed by atoms with Crippen molar-refractivity contribution in [2.75, 3.05) is 6.16 Å². The highest BCUT2D eigenvalue weighted by molar-refractivity contribution is 7.51. The van der Waals surface area contributed by atoms with Gasteiger partial charge in [-0.3, -0.25) is 4.57 Å². The Kier molecular flexibility index (Phi) is 13.5. The first-order valence-corrected chi connectivity index (χ1v) is 11.6. The van der Waals surface area contributed by atoms with Gasteiger partial charge < -0.3 is 9.79 Å². The molecule has 0 fully saturated rings. The van der Waals surface area contributed by atoms with E-state index in [-0.39, 0.29) is 6.16 Å². The molecule has 23 heavy (non-hydrogen) atoms. The third kappa shape index (κ3) is 11.3. The zero-order valence-corrected chi connectivity index (χ0v) is 16.8. The third-order valence-corrected chi connectivity index (χ3v) is 5.84. The molecule has 0 bridgehead atoms. The fourth-order valence-corrected chi connectivity index (χ4v) is 4.15. The monoisotopic (exact) mass is 347 g/mol. The van der Waals surface area contributed by atoms with Gasteiger partial charge in [-0.15, -0.1) is 0 Å². The second kappa shape index (κ2) is 13.4. The summed E-state index contributed by atoms with van der Waals surface area (Å²) < 4.78 is 11.4. The quantitative estimate of drug-likeness (QED) is 0.268. The van der Waals surface area contributed by atoms with Crippen molar-refractivity contribution in [3.05, 3.63) is 5.92 Å². The second-order valence-corrected chi connectivity index (χ2v) is 8.69. The molecular formula is C19H40O3P. The summed E-state index contributed by atoms with van der Waals surface area (Å²) in [7, 11) is -3.90. The van der Waals surface area contributed by atoms with Crippen molar-refractivity contribution < 1.29 is 14.4 Å². The number of hydrogen-bond donors (Lipinski definition) is 2. The van der Waals surface area contributed by atoms with Gasteiger partial charge in [0.2, 0.25) is 0 Å². The van der Waals surface area contributed by atoms with Crippen molar-refractivity contribution in [1.82, 2.24) is 0 Å². The molecule has 0 aromatic rings. The maximum Gasteiger partial charge on any atom is 0.325 e. The van der Waals surface area contributed by atoms with Gasteiger partial charge in [-0.05, 0) is 37.0 Å². The summed E-state index contributed by atoms with van der Waals surface area (Å²) in [6, 6.07) is 0. The van der Waals surface area contributed by atoms with E-state index in [4.69, 9.17) is 0 Å². The van der Waals surface area contributed by atoms with Gasteiger partial charge in [0.1, 0.15) is 0 Å². The Morgan fingerprint density at radius 1 is 0.826 bits per heavy atom. The molecule has 0 aliphatic carbocycles. The van der Waals surface area contributed by atoms with E-state index < -0.39 is 7.60 Å². The molecule has 0 spiro atoms. The van der Waals surface area contributed by atoms with E-state index in [1.165, 1.54) is 57.3 Å². The average Bonchev–Trinajstić information content (AvgIpc) is 2.50. The lowest BCUT2D eigenvalue weighted by molar-refractivity contribution is 0.325. The lowest BCUT2D eigenvalue weighted by Gasteiger charge is -2.33. The van der Waals surface area contributed by atoms with Gasteiger partial charge in [-0.1, -0.05) is 79.1 Å². The first-order chi connectivity index (χ1) is 10.9. The first kappa shape index (κ1) is 23.1. The minimum Gasteiger partial charge on any atom is -0.324 e. The summed E-state index contributed by atoms with van der Waals surface area (Å²) in [5.41, 5.74) is 0. The fraction of sp³-hybridized carbons (Fsp3) is 0.947. The van der Waals surface area contributed by atoms with Crippen LogP contribution in [0.1, 0.15) is 98.3 Å². The van der Waals surface area contributed by atoms with E-state index in [9.17, 15) is 14.4 Å². The average molecular weight is 348 g/mol. The van der Waals surface area contributed by atoms with Crippen molar-refractivity contribution in [2.24, 2.45) is 11.8 Å². The van der Waals surface area contributed by atoms with Crippen LogP contribution in [-0.4, -0.2) is 15.9 Å². The van der Waals surface area contributed by atoms with E-state index in [0.717, 1.165) is 12.8 Å². The number of rotatable bonds is 15. The third-order valence-electron chi connectivity index (χ3n) is 5.04. The van der Waals surface area contributed by atoms with Gasteiger partial charge in [-0.2, -0.15) is 0 Å². The molecule has 4 heteroatoms. The Hall–Kier alpha value is 0.150. The molecule has 0 saturated carbocycles. The van der Waals surface area contributed by atoms with Gasteiger partial charge in [0, 0.05) is 0 Å². The van der Waals surface area contributed by atoms with Crippen LogP contribution in [-0.2, 0) is 4.57 Å². The minimum atomic E-state index is -3.90. The van der Waals surface area contributed by atoms with Gasteiger partial charge in [0.25, 0.3) is 0 Å². The molecule has 0 amide bonds. The van der Waals surface area contributed by atoms with Crippen molar-refractivity contribution in [3.63, 3.8) is 0 Å². The second-order valence-electron chi connectivity index (χ2n) is 6.92. The van der Waals surface area contributed by atoms with Crippen molar-refractivity contribution in [3.8, 4) is 0 Å². The molecule has 139 valence electrons. The molecule has 2 atom stereocenters. The molecule has 3 nitrogen and oxygen atoms in total. The maximum atomic E-state index is 11.4. The Labute approximate surface area is 144 Å². The van der Waals surface area contributed by atoms with Gasteiger partial charge in [0.05, 0.1) is 6.16 Å². The summed E-state index contributed by atoms with van der Waals surface area (Å²) in [5, 5.41) is 0. The summed E-state index contributed by atoms with van der Waals surface area (Å²) >= 11 is 0. The summed E-state index contributed by atoms with van der Waals surface area (Å²) in [4.78, 5) is 18.6. The van der Waals surface area contributed by atoms with Gasteiger partial charge in [-0.25, -0.2) is 0 Å². The SMILES string of the molecule is CCCCCC(CC)[C](CCP(=O)(O)O)C(CC)CCCCC. The van der Waals surface area contributed by atoms with Crippen LogP contribution < -0.4 is 0 Å². The zero-order valence-electron chi connectivity index (χ0n) is 15.9. The smallest absolute Gasteiger partial charge is 0.324 e. The molecule has 0 aromatic carbocycles. The van der Waals surface area contributed by atoms with Crippen LogP contribution >= 0.6 is 7.60 Å². The molecule has 0 heterocycles. The largest absolute Gasteiger partial charge is 0.325 e. The van der Waals surface area contributed by atoms with E-state index >= 15 is 0 Å². The zero-order chi connectivity index (χ0) is 17.7. The van der Waals surface area contributed by atoms with E-state index in [2.05, 4.69) is 27.7 Å². The van der Waals surface area contributed by atoms with Crippen LogP contribution in [0.25, 0.3) is 0 Å². The fourth-order valence-electron chi connectivity index (χ4n) is 3.60. The van der Waals surface area contributed by atoms with Crippen molar-refractivity contribution in [2.45, 2.75) is 98.3 Å². The lowest BCUT2D eigenvalue weighted by atomic mass is 9.73. The Morgan fingerprint density at radius 3 is 1.57 bits per heavy atom. The molecule has 0 aliphatic rings. The molecule has 1 radical (unpaired) electrons. The Bertz CT molecular complexity index is 296. The standard InChI is InChI=1S/C19H40O3P/c1-5-9-11-13-17(7-3)19(15-16-23(20,21)22)18(8-4)14-12-10-6-2/h17-18H,5-16H2,1-4H3,(H2,20,21,22). The highest BCUT2D eigenvalue weighted by Crippen LogP contribution is 2.43. The summed E-state index contributed by atoms with van der Waals surface area (Å²) in [6.07, 6.45) is 12.6. The lowest BCUT2D eigenvalue weighted by Crippen LogP contribution is -2.23. The van der Waals surface area contributed by atoms with Crippen LogP contribution in [0.15, 0.2) is 0 Å². The molecule has 2 unspecified atom stereocenters. The van der Waals surface area contributed by atoms with Crippen LogP contribution in [0.4, 0.5) is 0 Å². The van der Waals surface area contributed by atoms with Crippen LogP contribution in [0.5, 0.6) is 0 Å². The van der Waals surface area contributed by atoms with E-state index in [1.807, 2.05) is 0 Å². The molecular weight excluding hydrogens is 307 g/mol. The van der Waals surface area contributed by atoms with E-state index in [0.29, 0.717) is 18.3 Å². The summed E-state index contributed by atoms with van der Waals surface area (Å²) in [6.45, 7) is 8.90. The predicted molar refractivity (Wildman–Crippen MR) is 101 cm³/mol. The first-order valence-electron chi connectivity index (χ1n) is 9.79. The number of unbranched alkanes of at least 4 members (excludes halogenated alkanes) is 4. The predicted octanol–water partition coefficient (Wildman–Crippen LogP) is 6.34. The Balaban J connectivity index is 4.87. The number of hydrogen-bond acceptors (Lipinski definition) is 1. The normalized spacial score (nSPS) is 15.1. The van der Waals surface area contributed by atoms with E-state index in [1.54, 1.807) is 0 Å². The van der Waals surface area contributed by atoms with Gasteiger partial charge in [0.15, 0.2) is 0 Å². The maximum absolute atomic E-state index is 11.4. The highest BCUT2D eigenvalue weighted by Gasteiger charge is 2.29. The highest BCUT2D eigenvalue weighted by atomic mass is 31.2. The molecule has 2 N–H and O–H groups in total. The van der Waals surface area contributed by atoms with Crippen LogP contribution in [0.2, 0.25) is 0 Å². The van der Waals surface area contributed by atoms with Crippen molar-refractivity contribution in [1.29, 1.82) is 0 Å². The molecule has 0 saturated heterocycles. The van der Waals surface area contributed by atoms with Crippen LogP contribution in [0.3, 0.4) is 0 Å². The molecule has 0 aromatic heterocycles. The topological polar surface area (TPSA) is 57.5 Å². The minimum absolute atomic E-state index is 0.0247. The Morgan fingerprint density at radius 2 is 1.26 bits per heavy atom. The van der Waals surface area contributed by atoms with Crippen molar-refractivity contribution >= 4 is 7.60 Å². The van der Waals surface area contributed by atoms with Gasteiger partial charge >= 0.3 is 7.60 Å².